The van der Waals surface area contributed by atoms with Crippen molar-refractivity contribution in [1.82, 2.24) is 10.6 Å². The van der Waals surface area contributed by atoms with Crippen molar-refractivity contribution >= 4 is 39.8 Å². The Kier molecular flexibility index (Phi) is 8.87. The average Bonchev–Trinajstić information content (AvgIpc) is 3.03. The second-order valence-electron chi connectivity index (χ2n) is 4.16. The Morgan fingerprint density at radius 2 is 2.06 bits per heavy atom. The summed E-state index contributed by atoms with van der Waals surface area (Å²) in [5.41, 5.74) is 0. The van der Waals surface area contributed by atoms with E-state index in [-0.39, 0.29) is 36.3 Å². The molecule has 6 nitrogen and oxygen atoms in total. The fraction of sp³-hybridized carbons (Fsp3) is 0.900. The molecule has 8 heteroatoms. The third-order valence-electron chi connectivity index (χ3n) is 2.28. The van der Waals surface area contributed by atoms with Crippen LogP contribution in [0.4, 0.5) is 0 Å². The van der Waals surface area contributed by atoms with Crippen molar-refractivity contribution in [2.24, 2.45) is 4.99 Å². The molecule has 0 bridgehead atoms. The standard InChI is InChI=1S/C10H21N3O3S.HI/c1-11-10(13-9-3-4-9)12-5-6-16-7-8-17(2,14)15;/h9H,3-8H2,1-2H3,(H2,11,12,13);1H. The van der Waals surface area contributed by atoms with E-state index in [0.29, 0.717) is 19.2 Å². The number of halogens is 1. The van der Waals surface area contributed by atoms with E-state index < -0.39 is 9.84 Å². The van der Waals surface area contributed by atoms with Gasteiger partial charge in [0.05, 0.1) is 19.0 Å². The van der Waals surface area contributed by atoms with Crippen LogP contribution in [0.15, 0.2) is 4.99 Å². The molecular formula is C10H22IN3O3S. The van der Waals surface area contributed by atoms with E-state index in [9.17, 15) is 8.42 Å². The van der Waals surface area contributed by atoms with Crippen LogP contribution in [0.5, 0.6) is 0 Å². The molecule has 0 aromatic heterocycles. The van der Waals surface area contributed by atoms with Crippen molar-refractivity contribution in [3.05, 3.63) is 0 Å². The summed E-state index contributed by atoms with van der Waals surface area (Å²) in [5.74, 6) is 0.849. The number of sulfone groups is 1. The van der Waals surface area contributed by atoms with Crippen molar-refractivity contribution < 1.29 is 13.2 Å². The Balaban J connectivity index is 0.00000289. The van der Waals surface area contributed by atoms with Gasteiger partial charge < -0.3 is 15.4 Å². The Morgan fingerprint density at radius 3 is 2.56 bits per heavy atom. The average molecular weight is 391 g/mol. The maximum atomic E-state index is 10.8. The molecule has 0 heterocycles. The summed E-state index contributed by atoms with van der Waals surface area (Å²) in [4.78, 5) is 4.07. The normalized spacial score (nSPS) is 16.0. The van der Waals surface area contributed by atoms with Crippen LogP contribution >= 0.6 is 24.0 Å². The van der Waals surface area contributed by atoms with Gasteiger partial charge in [0, 0.05) is 25.9 Å². The van der Waals surface area contributed by atoms with Gasteiger partial charge in [-0.15, -0.1) is 24.0 Å². The molecule has 0 unspecified atom stereocenters. The predicted molar refractivity (Wildman–Crippen MR) is 83.5 cm³/mol. The first kappa shape index (κ1) is 17.9. The minimum Gasteiger partial charge on any atom is -0.379 e. The van der Waals surface area contributed by atoms with E-state index in [0.717, 1.165) is 5.96 Å². The Morgan fingerprint density at radius 1 is 1.39 bits per heavy atom. The topological polar surface area (TPSA) is 79.8 Å². The molecule has 1 aliphatic carbocycles. The highest BCUT2D eigenvalue weighted by Crippen LogP contribution is 2.18. The van der Waals surface area contributed by atoms with Gasteiger partial charge >= 0.3 is 0 Å². The molecule has 0 saturated heterocycles. The van der Waals surface area contributed by atoms with Crippen LogP contribution in [0.3, 0.4) is 0 Å². The number of rotatable bonds is 7. The Bertz CT molecular complexity index is 355. The van der Waals surface area contributed by atoms with Crippen molar-refractivity contribution in [3.63, 3.8) is 0 Å². The number of hydrogen-bond donors (Lipinski definition) is 2. The van der Waals surface area contributed by atoms with Crippen LogP contribution in [-0.4, -0.2) is 59.2 Å². The minimum absolute atomic E-state index is 0. The van der Waals surface area contributed by atoms with Gasteiger partial charge in [-0.05, 0) is 12.8 Å². The summed E-state index contributed by atoms with van der Waals surface area (Å²) in [5, 5.41) is 6.35. The molecule has 2 N–H and O–H groups in total. The van der Waals surface area contributed by atoms with Crippen LogP contribution in [0, 0.1) is 0 Å². The lowest BCUT2D eigenvalue weighted by Crippen LogP contribution is -2.40. The quantitative estimate of drug-likeness (QED) is 0.276. The fourth-order valence-electron chi connectivity index (χ4n) is 1.17. The van der Waals surface area contributed by atoms with Gasteiger partial charge in [-0.2, -0.15) is 0 Å². The first-order valence-corrected chi connectivity index (χ1v) is 7.80. The van der Waals surface area contributed by atoms with E-state index in [1.54, 1.807) is 7.05 Å². The zero-order chi connectivity index (χ0) is 12.7. The van der Waals surface area contributed by atoms with Crippen molar-refractivity contribution in [3.8, 4) is 0 Å². The number of aliphatic imine (C=N–C) groups is 1. The molecule has 0 amide bonds. The zero-order valence-corrected chi connectivity index (χ0v) is 14.0. The molecule has 1 saturated carbocycles. The van der Waals surface area contributed by atoms with E-state index in [2.05, 4.69) is 15.6 Å². The second kappa shape index (κ2) is 8.92. The molecular weight excluding hydrogens is 369 g/mol. The molecule has 1 rings (SSSR count). The van der Waals surface area contributed by atoms with E-state index in [1.807, 2.05) is 0 Å². The Hall–Kier alpha value is -0.0900. The third-order valence-corrected chi connectivity index (χ3v) is 3.19. The molecule has 18 heavy (non-hydrogen) atoms. The summed E-state index contributed by atoms with van der Waals surface area (Å²) in [6.45, 7) is 1.34. The molecule has 108 valence electrons. The number of nitrogens with one attached hydrogen (secondary N) is 2. The molecule has 1 fully saturated rings. The number of hydrogen-bond acceptors (Lipinski definition) is 4. The summed E-state index contributed by atoms with van der Waals surface area (Å²) in [6, 6.07) is 0.562. The van der Waals surface area contributed by atoms with Crippen LogP contribution < -0.4 is 10.6 Å². The molecule has 0 aromatic carbocycles. The van der Waals surface area contributed by atoms with Gasteiger partial charge in [0.1, 0.15) is 9.84 Å². The highest BCUT2D eigenvalue weighted by atomic mass is 127. The monoisotopic (exact) mass is 391 g/mol. The SMILES string of the molecule is CN=C(NCCOCCS(C)(=O)=O)NC1CC1.I. The summed E-state index contributed by atoms with van der Waals surface area (Å²) < 4.78 is 26.8. The highest BCUT2D eigenvalue weighted by Gasteiger charge is 2.21. The molecule has 1 aliphatic rings. The van der Waals surface area contributed by atoms with Gasteiger partial charge in [-0.25, -0.2) is 8.42 Å². The minimum atomic E-state index is -2.92. The second-order valence-corrected chi connectivity index (χ2v) is 6.42. The van der Waals surface area contributed by atoms with Gasteiger partial charge in [0.15, 0.2) is 5.96 Å². The zero-order valence-electron chi connectivity index (χ0n) is 10.8. The van der Waals surface area contributed by atoms with Crippen molar-refractivity contribution in [2.45, 2.75) is 18.9 Å². The van der Waals surface area contributed by atoms with Crippen LogP contribution in [0.2, 0.25) is 0 Å². The molecule has 0 spiro atoms. The smallest absolute Gasteiger partial charge is 0.191 e. The molecule has 0 atom stereocenters. The van der Waals surface area contributed by atoms with E-state index in [1.165, 1.54) is 19.1 Å². The first-order chi connectivity index (χ1) is 8.01. The lowest BCUT2D eigenvalue weighted by molar-refractivity contribution is 0.154. The maximum absolute atomic E-state index is 10.8. The summed E-state index contributed by atoms with van der Waals surface area (Å²) in [7, 11) is -1.20. The molecule has 0 aliphatic heterocycles. The predicted octanol–water partition coefficient (Wildman–Crippen LogP) is -0.00700. The van der Waals surface area contributed by atoms with Gasteiger partial charge in [-0.1, -0.05) is 0 Å². The highest BCUT2D eigenvalue weighted by molar-refractivity contribution is 14.0. The van der Waals surface area contributed by atoms with Gasteiger partial charge in [0.25, 0.3) is 0 Å². The van der Waals surface area contributed by atoms with Crippen LogP contribution in [0.25, 0.3) is 0 Å². The van der Waals surface area contributed by atoms with Crippen LogP contribution in [-0.2, 0) is 14.6 Å². The van der Waals surface area contributed by atoms with Crippen LogP contribution in [0.1, 0.15) is 12.8 Å². The lowest BCUT2D eigenvalue weighted by atomic mass is 10.6. The van der Waals surface area contributed by atoms with Gasteiger partial charge in [0.2, 0.25) is 0 Å². The van der Waals surface area contributed by atoms with Gasteiger partial charge in [-0.3, -0.25) is 4.99 Å². The Labute approximate surface area is 126 Å². The first-order valence-electron chi connectivity index (χ1n) is 5.74. The van der Waals surface area contributed by atoms with Crippen molar-refractivity contribution in [1.29, 1.82) is 0 Å². The summed E-state index contributed by atoms with van der Waals surface area (Å²) >= 11 is 0. The summed E-state index contributed by atoms with van der Waals surface area (Å²) in [6.07, 6.45) is 3.60. The lowest BCUT2D eigenvalue weighted by Gasteiger charge is -2.10. The maximum Gasteiger partial charge on any atom is 0.191 e. The third kappa shape index (κ3) is 9.89. The molecule has 0 radical (unpaired) electrons. The molecule has 0 aromatic rings. The van der Waals surface area contributed by atoms with E-state index in [4.69, 9.17) is 4.74 Å². The number of guanidine groups is 1. The van der Waals surface area contributed by atoms with Crippen molar-refractivity contribution in [2.75, 3.05) is 38.8 Å². The largest absolute Gasteiger partial charge is 0.379 e. The number of ether oxygens (including phenoxy) is 1. The fourth-order valence-corrected chi connectivity index (χ4v) is 1.59. The van der Waals surface area contributed by atoms with E-state index >= 15 is 0 Å². The number of nitrogens with zero attached hydrogens (tertiary/aromatic N) is 1.